The zero-order valence-electron chi connectivity index (χ0n) is 38.1. The van der Waals surface area contributed by atoms with Crippen LogP contribution in [0.15, 0.2) is 59.5 Å². The van der Waals surface area contributed by atoms with Crippen LogP contribution in [-0.2, 0) is 53.2 Å². The summed E-state index contributed by atoms with van der Waals surface area (Å²) in [5.74, 6) is -7.87. The van der Waals surface area contributed by atoms with Crippen LogP contribution in [0.3, 0.4) is 0 Å². The summed E-state index contributed by atoms with van der Waals surface area (Å²) in [4.78, 5) is 117. The van der Waals surface area contributed by atoms with E-state index < -0.39 is 112 Å². The fourth-order valence-corrected chi connectivity index (χ4v) is 8.71. The molecule has 0 unspecified atom stereocenters. The van der Waals surface area contributed by atoms with Crippen molar-refractivity contribution in [2.45, 2.75) is 120 Å². The van der Waals surface area contributed by atoms with E-state index >= 15 is 0 Å². The largest absolute Gasteiger partial charge is 0.481 e. The van der Waals surface area contributed by atoms with Crippen molar-refractivity contribution in [2.75, 3.05) is 25.1 Å². The van der Waals surface area contributed by atoms with E-state index in [2.05, 4.69) is 31.3 Å². The zero-order valence-corrected chi connectivity index (χ0v) is 39.7. The van der Waals surface area contributed by atoms with Crippen molar-refractivity contribution in [1.82, 2.24) is 36.2 Å². The first-order valence-electron chi connectivity index (χ1n) is 21.9. The number of hydrogen-bond acceptors (Lipinski definition) is 12. The molecule has 8 amide bonds. The molecule has 1 aliphatic rings. The average molecular weight is 974 g/mol. The maximum Gasteiger partial charge on any atom is 0.305 e. The third-order valence-electron chi connectivity index (χ3n) is 10.6. The SMILES string of the molecule is CSCC[C@H](NC(=O)[C@H](CC(C)C)NC(=O)[C@H](C)NC(=O)[C@H](CC(=O)O)NC(=O)[C@H](CC(N)=O)NC(=O)CCCCNS(=O)(=O)c1ccc(-c2ccccc2)cc1)C(=O)N1CCC[C@H]1C(N)=O. The quantitative estimate of drug-likeness (QED) is 0.0503. The molecule has 1 heterocycles. The second kappa shape index (κ2) is 26.9. The van der Waals surface area contributed by atoms with Gasteiger partial charge in [-0.1, -0.05) is 56.3 Å². The summed E-state index contributed by atoms with van der Waals surface area (Å²) >= 11 is 1.44. The number of nitrogens with one attached hydrogen (secondary N) is 6. The van der Waals surface area contributed by atoms with Crippen LogP contribution in [0, 0.1) is 5.92 Å². The Balaban J connectivity index is 1.59. The van der Waals surface area contributed by atoms with Gasteiger partial charge in [-0.15, -0.1) is 0 Å². The van der Waals surface area contributed by atoms with Gasteiger partial charge in [0.25, 0.3) is 0 Å². The monoisotopic (exact) mass is 973 g/mol. The maximum absolute atomic E-state index is 13.7. The summed E-state index contributed by atoms with van der Waals surface area (Å²) in [6, 6.07) is 7.86. The van der Waals surface area contributed by atoms with E-state index in [9.17, 15) is 56.7 Å². The van der Waals surface area contributed by atoms with E-state index in [1.807, 2.05) is 36.6 Å². The van der Waals surface area contributed by atoms with E-state index in [1.54, 1.807) is 26.0 Å². The average Bonchev–Trinajstić information content (AvgIpc) is 3.77. The second-order valence-electron chi connectivity index (χ2n) is 16.6. The molecule has 0 aliphatic carbocycles. The smallest absolute Gasteiger partial charge is 0.305 e. The fourth-order valence-electron chi connectivity index (χ4n) is 7.16. The normalized spacial score (nSPS) is 15.8. The molecule has 0 radical (unpaired) electrons. The molecule has 3 rings (SSSR count). The number of aliphatic carboxylic acids is 1. The van der Waals surface area contributed by atoms with Crippen LogP contribution in [0.25, 0.3) is 11.1 Å². The van der Waals surface area contributed by atoms with Crippen LogP contribution < -0.4 is 42.8 Å². The molecule has 0 spiro atoms. The van der Waals surface area contributed by atoms with E-state index in [4.69, 9.17) is 11.5 Å². The first-order chi connectivity index (χ1) is 31.6. The number of carbonyl (C=O) groups excluding carboxylic acids is 8. The van der Waals surface area contributed by atoms with Gasteiger partial charge in [0.2, 0.25) is 57.3 Å². The number of sulfonamides is 1. The molecule has 0 bridgehead atoms. The number of carboxylic acids is 1. The van der Waals surface area contributed by atoms with E-state index in [-0.39, 0.29) is 56.0 Å². The van der Waals surface area contributed by atoms with Gasteiger partial charge in [0.15, 0.2) is 0 Å². The zero-order chi connectivity index (χ0) is 49.8. The standard InChI is InChI=1S/C44H63N9O12S2/c1-26(2)23-32(42(61)50-31(19-22-66-4)44(63)53-21-10-13-35(53)39(46)58)51-40(59)27(3)48-41(60)34(25-38(56)57)52-43(62)33(24-36(45)54)49-37(55)14-8-9-20-47-67(64,65)30-17-15-29(16-18-30)28-11-6-5-7-12-28/h5-7,11-12,15-18,26-27,31-35,47H,8-10,13-14,19-25H2,1-4H3,(H2,45,54)(H2,46,58)(H,48,60)(H,49,55)(H,50,61)(H,51,59)(H,52,62)(H,56,57)/t27-,31-,32-,33-,34-,35-/m0/s1. The highest BCUT2D eigenvalue weighted by Crippen LogP contribution is 2.22. The van der Waals surface area contributed by atoms with Crippen molar-refractivity contribution in [3.63, 3.8) is 0 Å². The lowest BCUT2D eigenvalue weighted by Crippen LogP contribution is -2.59. The van der Waals surface area contributed by atoms with Crippen molar-refractivity contribution in [2.24, 2.45) is 17.4 Å². The lowest BCUT2D eigenvalue weighted by atomic mass is 10.0. The minimum absolute atomic E-state index is 0.0199. The molecule has 0 saturated carbocycles. The van der Waals surface area contributed by atoms with E-state index in [0.29, 0.717) is 18.6 Å². The third-order valence-corrected chi connectivity index (χ3v) is 12.8. The van der Waals surface area contributed by atoms with Crippen molar-refractivity contribution in [1.29, 1.82) is 0 Å². The molecule has 1 saturated heterocycles. The van der Waals surface area contributed by atoms with Crippen molar-refractivity contribution in [3.8, 4) is 11.1 Å². The number of thioether (sulfide) groups is 1. The van der Waals surface area contributed by atoms with Gasteiger partial charge in [-0.2, -0.15) is 11.8 Å². The van der Waals surface area contributed by atoms with Gasteiger partial charge >= 0.3 is 5.97 Å². The van der Waals surface area contributed by atoms with Gasteiger partial charge < -0.3 is 48.1 Å². The summed E-state index contributed by atoms with van der Waals surface area (Å²) in [5.41, 5.74) is 12.6. The van der Waals surface area contributed by atoms with Crippen molar-refractivity contribution >= 4 is 75.0 Å². The van der Waals surface area contributed by atoms with Gasteiger partial charge in [-0.3, -0.25) is 43.2 Å². The first-order valence-corrected chi connectivity index (χ1v) is 24.8. The minimum atomic E-state index is -3.86. The highest BCUT2D eigenvalue weighted by molar-refractivity contribution is 7.98. The molecule has 21 nitrogen and oxygen atoms in total. The molecule has 67 heavy (non-hydrogen) atoms. The van der Waals surface area contributed by atoms with Gasteiger partial charge in [0, 0.05) is 19.5 Å². The molecule has 2 aromatic rings. The van der Waals surface area contributed by atoms with Crippen LogP contribution in [0.2, 0.25) is 0 Å². The van der Waals surface area contributed by atoms with Crippen LogP contribution in [0.1, 0.15) is 78.6 Å². The number of nitrogens with zero attached hydrogens (tertiary/aromatic N) is 1. The number of hydrogen-bond donors (Lipinski definition) is 9. The molecule has 1 fully saturated rings. The van der Waals surface area contributed by atoms with E-state index in [1.165, 1.54) is 35.7 Å². The molecule has 11 N–H and O–H groups in total. The summed E-state index contributed by atoms with van der Waals surface area (Å²) in [7, 11) is -3.86. The van der Waals surface area contributed by atoms with Crippen LogP contribution in [-0.4, -0.2) is 133 Å². The Labute approximate surface area is 394 Å². The number of amides is 8. The summed E-state index contributed by atoms with van der Waals surface area (Å²) in [5, 5.41) is 21.7. The summed E-state index contributed by atoms with van der Waals surface area (Å²) in [6.07, 6.45) is 1.57. The predicted molar refractivity (Wildman–Crippen MR) is 249 cm³/mol. The summed E-state index contributed by atoms with van der Waals surface area (Å²) in [6.45, 7) is 5.11. The van der Waals surface area contributed by atoms with Crippen molar-refractivity contribution in [3.05, 3.63) is 54.6 Å². The number of benzene rings is 2. The topological polar surface area (TPSA) is 335 Å². The first kappa shape index (κ1) is 55.3. The predicted octanol–water partition coefficient (Wildman–Crippen LogP) is -0.128. The number of nitrogens with two attached hydrogens (primary N) is 2. The lowest BCUT2D eigenvalue weighted by Gasteiger charge is -2.29. The van der Waals surface area contributed by atoms with E-state index in [0.717, 1.165) is 11.1 Å². The minimum Gasteiger partial charge on any atom is -0.481 e. The fraction of sp³-hybridized carbons (Fsp3) is 0.523. The number of unbranched alkanes of at least 4 members (excludes halogenated alkanes) is 1. The third kappa shape index (κ3) is 18.3. The summed E-state index contributed by atoms with van der Waals surface area (Å²) < 4.78 is 28.1. The van der Waals surface area contributed by atoms with Gasteiger partial charge in [0.1, 0.15) is 36.3 Å². The lowest BCUT2D eigenvalue weighted by molar-refractivity contribution is -0.142. The van der Waals surface area contributed by atoms with Crippen LogP contribution in [0.5, 0.6) is 0 Å². The number of rotatable bonds is 28. The Bertz CT molecular complexity index is 2180. The highest BCUT2D eigenvalue weighted by Gasteiger charge is 2.38. The Morgan fingerprint density at radius 3 is 1.93 bits per heavy atom. The maximum atomic E-state index is 13.7. The number of primary amides is 2. The van der Waals surface area contributed by atoms with Crippen molar-refractivity contribution < 1.29 is 56.7 Å². The number of carbonyl (C=O) groups is 9. The molecule has 23 heteroatoms. The van der Waals surface area contributed by atoms with Gasteiger partial charge in [0.05, 0.1) is 17.7 Å². The van der Waals surface area contributed by atoms with Gasteiger partial charge in [-0.05, 0) is 86.6 Å². The van der Waals surface area contributed by atoms with Crippen LogP contribution >= 0.6 is 11.8 Å². The van der Waals surface area contributed by atoms with Crippen LogP contribution in [0.4, 0.5) is 0 Å². The highest BCUT2D eigenvalue weighted by atomic mass is 32.2. The molecule has 2 aromatic carbocycles. The second-order valence-corrected chi connectivity index (χ2v) is 19.3. The van der Waals surface area contributed by atoms with Gasteiger partial charge in [-0.25, -0.2) is 13.1 Å². The molecule has 6 atom stereocenters. The number of carboxylic acid groups (broad SMARTS) is 1. The Morgan fingerprint density at radius 1 is 0.746 bits per heavy atom. The Hall–Kier alpha value is -6.07. The Kier molecular flexibility index (Phi) is 22.2. The molecule has 368 valence electrons. The Morgan fingerprint density at radius 2 is 1.33 bits per heavy atom. The number of likely N-dealkylation sites (tertiary alicyclic amines) is 1. The molecule has 1 aliphatic heterocycles. The molecular weight excluding hydrogens is 911 g/mol. The molecular formula is C44H63N9O12S2. The molecule has 0 aromatic heterocycles.